The number of benzene rings is 2. The molecule has 0 aliphatic carbocycles. The van der Waals surface area contributed by atoms with Crippen LogP contribution in [0.4, 0.5) is 5.69 Å². The van der Waals surface area contributed by atoms with Gasteiger partial charge in [0.25, 0.3) is 0 Å². The number of carbonyl (C=O) groups is 2. The van der Waals surface area contributed by atoms with Crippen molar-refractivity contribution >= 4 is 35.4 Å². The van der Waals surface area contributed by atoms with Crippen LogP contribution in [0, 0.1) is 5.92 Å². The first-order valence-corrected chi connectivity index (χ1v) is 9.79. The van der Waals surface area contributed by atoms with Gasteiger partial charge in [-0.2, -0.15) is 0 Å². The highest BCUT2D eigenvalue weighted by Crippen LogP contribution is 2.28. The number of furan rings is 1. The average molecular weight is 442 g/mol. The SMILES string of the molecule is CC(C)COC(=O)c1cc(-c2ccc(C=Nc3ccc(O)c(C(=O)O)c3)o2)ccc1Cl. The predicted molar refractivity (Wildman–Crippen MR) is 117 cm³/mol. The van der Waals surface area contributed by atoms with E-state index < -0.39 is 11.9 Å². The molecule has 0 spiro atoms. The molecule has 8 heteroatoms. The molecule has 2 aromatic carbocycles. The summed E-state index contributed by atoms with van der Waals surface area (Å²) in [5.74, 6) is -0.974. The van der Waals surface area contributed by atoms with Crippen LogP contribution >= 0.6 is 11.6 Å². The van der Waals surface area contributed by atoms with Gasteiger partial charge in [0.2, 0.25) is 0 Å². The van der Waals surface area contributed by atoms with Crippen molar-refractivity contribution in [2.24, 2.45) is 10.9 Å². The van der Waals surface area contributed by atoms with Crippen molar-refractivity contribution < 1.29 is 29.0 Å². The molecule has 160 valence electrons. The molecule has 0 aliphatic rings. The smallest absolute Gasteiger partial charge is 0.339 e. The second-order valence-electron chi connectivity index (χ2n) is 7.15. The number of phenols is 1. The van der Waals surface area contributed by atoms with E-state index in [1.807, 2.05) is 13.8 Å². The van der Waals surface area contributed by atoms with E-state index in [1.165, 1.54) is 24.4 Å². The Hall–Kier alpha value is -3.58. The van der Waals surface area contributed by atoms with Crippen LogP contribution in [0.2, 0.25) is 5.02 Å². The van der Waals surface area contributed by atoms with Crippen LogP contribution in [0.25, 0.3) is 11.3 Å². The van der Waals surface area contributed by atoms with Crippen LogP contribution < -0.4 is 0 Å². The average Bonchev–Trinajstić information content (AvgIpc) is 3.20. The molecule has 2 N–H and O–H groups in total. The summed E-state index contributed by atoms with van der Waals surface area (Å²) in [5.41, 5.74) is 0.984. The Kier molecular flexibility index (Phi) is 6.77. The normalized spacial score (nSPS) is 11.2. The summed E-state index contributed by atoms with van der Waals surface area (Å²) in [6.45, 7) is 4.18. The quantitative estimate of drug-likeness (QED) is 0.366. The third-order valence-corrected chi connectivity index (χ3v) is 4.53. The maximum absolute atomic E-state index is 12.3. The molecular weight excluding hydrogens is 422 g/mol. The molecule has 0 unspecified atom stereocenters. The molecule has 0 saturated carbocycles. The lowest BCUT2D eigenvalue weighted by atomic mass is 10.1. The number of nitrogens with zero attached hydrogens (tertiary/aromatic N) is 1. The number of carbonyl (C=O) groups excluding carboxylic acids is 1. The van der Waals surface area contributed by atoms with Crippen molar-refractivity contribution in [1.82, 2.24) is 0 Å². The van der Waals surface area contributed by atoms with Crippen LogP contribution in [0.15, 0.2) is 57.9 Å². The highest BCUT2D eigenvalue weighted by molar-refractivity contribution is 6.33. The minimum Gasteiger partial charge on any atom is -0.507 e. The largest absolute Gasteiger partial charge is 0.507 e. The molecule has 7 nitrogen and oxygen atoms in total. The molecule has 0 saturated heterocycles. The van der Waals surface area contributed by atoms with E-state index in [0.717, 1.165) is 0 Å². The molecule has 3 rings (SSSR count). The molecular formula is C23H20ClNO6. The molecule has 0 radical (unpaired) electrons. The van der Waals surface area contributed by atoms with Gasteiger partial charge in [0, 0.05) is 5.56 Å². The lowest BCUT2D eigenvalue weighted by Crippen LogP contribution is -2.10. The Morgan fingerprint density at radius 1 is 1.13 bits per heavy atom. The van der Waals surface area contributed by atoms with Gasteiger partial charge in [-0.15, -0.1) is 0 Å². The van der Waals surface area contributed by atoms with E-state index in [1.54, 1.807) is 30.3 Å². The summed E-state index contributed by atoms with van der Waals surface area (Å²) in [7, 11) is 0. The molecule has 0 aliphatic heterocycles. The number of ether oxygens (including phenoxy) is 1. The Labute approximate surface area is 183 Å². The number of aliphatic imine (C=N–C) groups is 1. The fourth-order valence-electron chi connectivity index (χ4n) is 2.65. The second kappa shape index (κ2) is 9.49. The monoisotopic (exact) mass is 441 g/mol. The number of hydrogen-bond donors (Lipinski definition) is 2. The minimum atomic E-state index is -1.25. The van der Waals surface area contributed by atoms with Gasteiger partial charge in [-0.05, 0) is 54.4 Å². The number of carboxylic acid groups (broad SMARTS) is 1. The van der Waals surface area contributed by atoms with Crippen molar-refractivity contribution in [1.29, 1.82) is 0 Å². The fraction of sp³-hybridized carbons (Fsp3) is 0.174. The zero-order valence-corrected chi connectivity index (χ0v) is 17.6. The van der Waals surface area contributed by atoms with Gasteiger partial charge in [-0.25, -0.2) is 9.59 Å². The van der Waals surface area contributed by atoms with Crippen molar-refractivity contribution in [3.05, 3.63) is 70.4 Å². The topological polar surface area (TPSA) is 109 Å². The summed E-state index contributed by atoms with van der Waals surface area (Å²) in [5, 5.41) is 18.9. The number of rotatable bonds is 7. The van der Waals surface area contributed by atoms with Gasteiger partial charge in [-0.3, -0.25) is 4.99 Å². The Morgan fingerprint density at radius 2 is 1.90 bits per heavy atom. The fourth-order valence-corrected chi connectivity index (χ4v) is 2.84. The Morgan fingerprint density at radius 3 is 2.61 bits per heavy atom. The third kappa shape index (κ3) is 5.52. The lowest BCUT2D eigenvalue weighted by Gasteiger charge is -2.09. The Balaban J connectivity index is 1.80. The summed E-state index contributed by atoms with van der Waals surface area (Å²) in [4.78, 5) is 27.6. The van der Waals surface area contributed by atoms with E-state index in [9.17, 15) is 14.7 Å². The molecule has 0 atom stereocenters. The van der Waals surface area contributed by atoms with Gasteiger partial charge in [0.15, 0.2) is 0 Å². The number of carboxylic acids is 1. The van der Waals surface area contributed by atoms with Gasteiger partial charge >= 0.3 is 11.9 Å². The maximum Gasteiger partial charge on any atom is 0.339 e. The van der Waals surface area contributed by atoms with Crippen molar-refractivity contribution in [2.45, 2.75) is 13.8 Å². The van der Waals surface area contributed by atoms with Gasteiger partial charge in [0.05, 0.1) is 29.1 Å². The van der Waals surface area contributed by atoms with Crippen LogP contribution in [0.5, 0.6) is 5.75 Å². The minimum absolute atomic E-state index is 0.206. The molecule has 1 aromatic heterocycles. The molecule has 1 heterocycles. The number of aromatic carboxylic acids is 1. The van der Waals surface area contributed by atoms with Crippen molar-refractivity contribution in [3.8, 4) is 17.1 Å². The standard InChI is InChI=1S/C23H20ClNO6/c1-13(2)12-30-23(29)17-9-14(3-6-19(17)24)21-8-5-16(31-21)11-25-15-4-7-20(26)18(10-15)22(27)28/h3-11,13,26H,12H2,1-2H3,(H,27,28). The number of halogens is 1. The van der Waals surface area contributed by atoms with E-state index in [0.29, 0.717) is 29.4 Å². The van der Waals surface area contributed by atoms with E-state index in [2.05, 4.69) is 4.99 Å². The van der Waals surface area contributed by atoms with Crippen LogP contribution in [0.1, 0.15) is 40.3 Å². The van der Waals surface area contributed by atoms with Gasteiger partial charge in [-0.1, -0.05) is 25.4 Å². The first kappa shape index (κ1) is 22.1. The molecule has 0 bridgehead atoms. The van der Waals surface area contributed by atoms with Crippen molar-refractivity contribution in [2.75, 3.05) is 6.61 Å². The number of hydrogen-bond acceptors (Lipinski definition) is 6. The highest BCUT2D eigenvalue weighted by Gasteiger charge is 2.15. The molecule has 31 heavy (non-hydrogen) atoms. The third-order valence-electron chi connectivity index (χ3n) is 4.20. The van der Waals surface area contributed by atoms with E-state index in [4.69, 9.17) is 25.9 Å². The summed E-state index contributed by atoms with van der Waals surface area (Å²) >= 11 is 6.15. The summed E-state index contributed by atoms with van der Waals surface area (Å²) in [6.07, 6.45) is 1.43. The zero-order valence-electron chi connectivity index (χ0n) is 16.8. The van der Waals surface area contributed by atoms with Crippen LogP contribution in [0.3, 0.4) is 0 Å². The summed E-state index contributed by atoms with van der Waals surface area (Å²) < 4.78 is 11.0. The second-order valence-corrected chi connectivity index (χ2v) is 7.56. The predicted octanol–water partition coefficient (Wildman–Crippen LogP) is 5.57. The van der Waals surface area contributed by atoms with Crippen LogP contribution in [-0.4, -0.2) is 35.0 Å². The van der Waals surface area contributed by atoms with Gasteiger partial charge in [0.1, 0.15) is 22.8 Å². The maximum atomic E-state index is 12.3. The Bertz CT molecular complexity index is 1150. The highest BCUT2D eigenvalue weighted by atomic mass is 35.5. The first-order chi connectivity index (χ1) is 14.7. The number of aromatic hydroxyl groups is 1. The molecule has 0 amide bonds. The molecule has 0 fully saturated rings. The van der Waals surface area contributed by atoms with E-state index in [-0.39, 0.29) is 27.8 Å². The zero-order chi connectivity index (χ0) is 22.5. The van der Waals surface area contributed by atoms with Crippen LogP contribution in [-0.2, 0) is 4.74 Å². The molecule has 3 aromatic rings. The van der Waals surface area contributed by atoms with E-state index >= 15 is 0 Å². The first-order valence-electron chi connectivity index (χ1n) is 9.42. The lowest BCUT2D eigenvalue weighted by molar-refractivity contribution is 0.0459. The summed E-state index contributed by atoms with van der Waals surface area (Å²) in [6, 6.07) is 12.3. The van der Waals surface area contributed by atoms with Crippen molar-refractivity contribution in [3.63, 3.8) is 0 Å². The van der Waals surface area contributed by atoms with Gasteiger partial charge < -0.3 is 19.4 Å². The number of esters is 1.